The van der Waals surface area contributed by atoms with Crippen LogP contribution in [0, 0.1) is 0 Å². The lowest BCUT2D eigenvalue weighted by Crippen LogP contribution is -2.29. The second-order valence-corrected chi connectivity index (χ2v) is 8.94. The Hall–Kier alpha value is -1.39. The molecular weight excluding hydrogens is 398 g/mol. The number of sulfonamides is 1. The number of allylic oxidation sites excluding steroid dienone is 3. The van der Waals surface area contributed by atoms with Crippen molar-refractivity contribution in [2.75, 3.05) is 53.0 Å². The number of hydrogen-bond acceptors (Lipinski definition) is 7. The molecule has 7 nitrogen and oxygen atoms in total. The molecule has 0 amide bonds. The van der Waals surface area contributed by atoms with Gasteiger partial charge in [0.15, 0.2) is 5.06 Å². The summed E-state index contributed by atoms with van der Waals surface area (Å²) in [7, 11) is -1.57. The predicted molar refractivity (Wildman–Crippen MR) is 116 cm³/mol. The summed E-state index contributed by atoms with van der Waals surface area (Å²) in [6.45, 7) is 10.5. The lowest BCUT2D eigenvalue weighted by molar-refractivity contribution is 0.153. The molecule has 0 fully saturated rings. The van der Waals surface area contributed by atoms with Gasteiger partial charge in [0.1, 0.15) is 10.8 Å². The Labute approximate surface area is 173 Å². The van der Waals surface area contributed by atoms with Crippen LogP contribution in [-0.2, 0) is 14.8 Å². The largest absolute Gasteiger partial charge is 0.480 e. The molecule has 0 saturated heterocycles. The summed E-state index contributed by atoms with van der Waals surface area (Å²) in [5.74, 6) is 0. The van der Waals surface area contributed by atoms with Crippen molar-refractivity contribution in [2.24, 2.45) is 0 Å². The third-order valence-corrected chi connectivity index (χ3v) is 6.82. The molecule has 0 spiro atoms. The Morgan fingerprint density at radius 1 is 1.29 bits per heavy atom. The number of rotatable bonds is 15. The highest BCUT2D eigenvalue weighted by atomic mass is 32.2. The van der Waals surface area contributed by atoms with Gasteiger partial charge >= 0.3 is 0 Å². The van der Waals surface area contributed by atoms with Crippen LogP contribution in [0.4, 0.5) is 0 Å². The molecule has 0 atom stereocenters. The molecule has 0 aliphatic carbocycles. The number of ether oxygens (including phenoxy) is 2. The molecule has 1 aromatic rings. The van der Waals surface area contributed by atoms with Crippen molar-refractivity contribution in [3.8, 4) is 5.06 Å². The van der Waals surface area contributed by atoms with E-state index in [2.05, 4.69) is 34.9 Å². The summed E-state index contributed by atoms with van der Waals surface area (Å²) in [4.78, 5) is 2.29. The van der Waals surface area contributed by atoms with Crippen LogP contribution in [0.5, 0.6) is 5.06 Å². The summed E-state index contributed by atoms with van der Waals surface area (Å²) < 4.78 is 37.9. The molecule has 0 bridgehead atoms. The third-order valence-electron chi connectivity index (χ3n) is 3.87. The van der Waals surface area contributed by atoms with Gasteiger partial charge in [0.2, 0.25) is 10.0 Å². The zero-order valence-electron chi connectivity index (χ0n) is 17.2. The lowest BCUT2D eigenvalue weighted by atomic mass is 10.3. The second-order valence-electron chi connectivity index (χ2n) is 5.90. The van der Waals surface area contributed by atoms with Gasteiger partial charge in [0, 0.05) is 38.5 Å². The van der Waals surface area contributed by atoms with E-state index in [9.17, 15) is 8.42 Å². The minimum Gasteiger partial charge on any atom is -0.480 e. The first-order valence-electron chi connectivity index (χ1n) is 9.47. The molecule has 0 aromatic carbocycles. The fourth-order valence-corrected chi connectivity index (χ4v) is 4.52. The number of nitrogens with zero attached hydrogens (tertiary/aromatic N) is 1. The quantitative estimate of drug-likeness (QED) is 0.328. The van der Waals surface area contributed by atoms with E-state index < -0.39 is 10.0 Å². The van der Waals surface area contributed by atoms with Crippen molar-refractivity contribution in [1.82, 2.24) is 14.9 Å². The zero-order chi connectivity index (χ0) is 20.8. The summed E-state index contributed by atoms with van der Waals surface area (Å²) in [5.41, 5.74) is 1.19. The summed E-state index contributed by atoms with van der Waals surface area (Å²) in [5, 5.41) is 3.72. The smallest absolute Gasteiger partial charge is 0.250 e. The SMILES string of the molecule is CCOCCNS(=O)(=O)c1ccc(OC/C=C\C=C(/C)N(CC)CCNC)s1. The van der Waals surface area contributed by atoms with Crippen molar-refractivity contribution in [1.29, 1.82) is 0 Å². The van der Waals surface area contributed by atoms with E-state index in [1.165, 1.54) is 5.70 Å². The van der Waals surface area contributed by atoms with E-state index in [0.717, 1.165) is 31.0 Å². The monoisotopic (exact) mass is 431 g/mol. The van der Waals surface area contributed by atoms with Gasteiger partial charge in [-0.1, -0.05) is 17.4 Å². The molecule has 160 valence electrons. The molecule has 0 unspecified atom stereocenters. The molecule has 2 N–H and O–H groups in total. The van der Waals surface area contributed by atoms with E-state index in [-0.39, 0.29) is 10.8 Å². The molecule has 0 aliphatic heterocycles. The van der Waals surface area contributed by atoms with E-state index in [4.69, 9.17) is 9.47 Å². The van der Waals surface area contributed by atoms with Gasteiger partial charge in [0.25, 0.3) is 0 Å². The van der Waals surface area contributed by atoms with Crippen LogP contribution in [0.1, 0.15) is 20.8 Å². The highest BCUT2D eigenvalue weighted by Gasteiger charge is 2.16. The average Bonchev–Trinajstić information content (AvgIpc) is 3.15. The molecule has 0 saturated carbocycles. The van der Waals surface area contributed by atoms with Crippen LogP contribution in [0.15, 0.2) is 40.3 Å². The minimum absolute atomic E-state index is 0.238. The van der Waals surface area contributed by atoms with Crippen molar-refractivity contribution >= 4 is 21.4 Å². The second kappa shape index (κ2) is 13.7. The first-order chi connectivity index (χ1) is 13.4. The highest BCUT2D eigenvalue weighted by molar-refractivity contribution is 7.91. The van der Waals surface area contributed by atoms with Gasteiger partial charge in [-0.25, -0.2) is 13.1 Å². The predicted octanol–water partition coefficient (Wildman–Crippen LogP) is 2.44. The van der Waals surface area contributed by atoms with Crippen molar-refractivity contribution in [3.05, 3.63) is 36.1 Å². The molecule has 0 aliphatic rings. The van der Waals surface area contributed by atoms with Crippen LogP contribution in [0.2, 0.25) is 0 Å². The fourth-order valence-electron chi connectivity index (χ4n) is 2.32. The molecular formula is C19H33N3O4S2. The molecule has 28 heavy (non-hydrogen) atoms. The van der Waals surface area contributed by atoms with Crippen LogP contribution < -0.4 is 14.8 Å². The van der Waals surface area contributed by atoms with E-state index in [0.29, 0.717) is 24.9 Å². The Kier molecular flexibility index (Phi) is 12.1. The Bertz CT molecular complexity index is 715. The number of thiophene rings is 1. The topological polar surface area (TPSA) is 79.9 Å². The maximum absolute atomic E-state index is 12.2. The standard InChI is InChI=1S/C19H33N3O4S2/c1-5-22(14-12-20-4)17(3)9-7-8-15-26-18-10-11-19(27-18)28(23,24)21-13-16-25-6-2/h7-11,20-21H,5-6,12-16H2,1-4H3/b8-7-,17-9+. The summed E-state index contributed by atoms with van der Waals surface area (Å²) >= 11 is 1.11. The zero-order valence-corrected chi connectivity index (χ0v) is 18.9. The lowest BCUT2D eigenvalue weighted by Gasteiger charge is -2.23. The van der Waals surface area contributed by atoms with E-state index >= 15 is 0 Å². The normalized spacial score (nSPS) is 12.6. The van der Waals surface area contributed by atoms with E-state index in [1.54, 1.807) is 12.1 Å². The Morgan fingerprint density at radius 2 is 2.07 bits per heavy atom. The van der Waals surface area contributed by atoms with Crippen LogP contribution >= 0.6 is 11.3 Å². The van der Waals surface area contributed by atoms with Gasteiger partial charge in [-0.15, -0.1) is 0 Å². The molecule has 1 rings (SSSR count). The highest BCUT2D eigenvalue weighted by Crippen LogP contribution is 2.27. The van der Waals surface area contributed by atoms with E-state index in [1.807, 2.05) is 26.1 Å². The Morgan fingerprint density at radius 3 is 2.75 bits per heavy atom. The van der Waals surface area contributed by atoms with Crippen molar-refractivity contribution < 1.29 is 17.9 Å². The number of hydrogen-bond donors (Lipinski definition) is 2. The van der Waals surface area contributed by atoms with Gasteiger partial charge in [-0.05, 0) is 52.1 Å². The maximum atomic E-state index is 12.2. The summed E-state index contributed by atoms with van der Waals surface area (Å²) in [6.07, 6.45) is 5.91. The number of likely N-dealkylation sites (N-methyl/N-ethyl adjacent to an activating group) is 2. The minimum atomic E-state index is -3.52. The Balaban J connectivity index is 2.47. The van der Waals surface area contributed by atoms with Gasteiger partial charge in [-0.3, -0.25) is 0 Å². The first kappa shape index (κ1) is 24.6. The molecule has 9 heteroatoms. The van der Waals surface area contributed by atoms with Crippen LogP contribution in [0.3, 0.4) is 0 Å². The fraction of sp³-hybridized carbons (Fsp3) is 0.579. The maximum Gasteiger partial charge on any atom is 0.250 e. The van der Waals surface area contributed by atoms with Crippen molar-refractivity contribution in [2.45, 2.75) is 25.0 Å². The summed E-state index contributed by atoms with van der Waals surface area (Å²) in [6, 6.07) is 3.23. The molecule has 1 heterocycles. The third kappa shape index (κ3) is 9.20. The molecule has 0 radical (unpaired) electrons. The van der Waals surface area contributed by atoms with Crippen molar-refractivity contribution in [3.63, 3.8) is 0 Å². The average molecular weight is 432 g/mol. The van der Waals surface area contributed by atoms with Gasteiger partial charge < -0.3 is 19.7 Å². The van der Waals surface area contributed by atoms with Crippen LogP contribution in [-0.4, -0.2) is 66.4 Å². The van der Waals surface area contributed by atoms with Gasteiger partial charge in [-0.2, -0.15) is 0 Å². The van der Waals surface area contributed by atoms with Gasteiger partial charge in [0.05, 0.1) is 6.61 Å². The van der Waals surface area contributed by atoms with Crippen LogP contribution in [0.25, 0.3) is 0 Å². The number of nitrogens with one attached hydrogen (secondary N) is 2. The molecule has 1 aromatic heterocycles. The first-order valence-corrected chi connectivity index (χ1v) is 11.8.